The van der Waals surface area contributed by atoms with Crippen molar-refractivity contribution < 1.29 is 9.90 Å². The number of hydrogen-bond acceptors (Lipinski definition) is 2. The highest BCUT2D eigenvalue weighted by Gasteiger charge is 2.39. The maximum absolute atomic E-state index is 12.7. The molecule has 2 aliphatic rings. The van der Waals surface area contributed by atoms with Crippen molar-refractivity contribution in [3.8, 4) is 0 Å². The minimum absolute atomic E-state index is 0.123. The van der Waals surface area contributed by atoms with Crippen molar-refractivity contribution in [3.63, 3.8) is 0 Å². The molecule has 2 nitrogen and oxygen atoms in total. The lowest BCUT2D eigenvalue weighted by Crippen LogP contribution is -2.34. The number of ketones is 1. The van der Waals surface area contributed by atoms with Gasteiger partial charge in [0.05, 0.1) is 6.10 Å². The van der Waals surface area contributed by atoms with Crippen molar-refractivity contribution >= 4 is 5.78 Å². The van der Waals surface area contributed by atoms with E-state index in [0.717, 1.165) is 44.1 Å². The number of rotatable bonds is 10. The van der Waals surface area contributed by atoms with Crippen LogP contribution in [0.15, 0.2) is 23.8 Å². The number of carbonyl (C=O) groups excluding carboxylic acids is 1. The molecular formula is C21H34O2. The van der Waals surface area contributed by atoms with Crippen LogP contribution < -0.4 is 0 Å². The first-order valence-corrected chi connectivity index (χ1v) is 9.70. The Morgan fingerprint density at radius 2 is 1.78 bits per heavy atom. The molecule has 0 aliphatic heterocycles. The first-order valence-electron chi connectivity index (χ1n) is 9.70. The Hall–Kier alpha value is -0.890. The Morgan fingerprint density at radius 3 is 2.48 bits per heavy atom. The second-order valence-corrected chi connectivity index (χ2v) is 7.54. The molecule has 2 rings (SSSR count). The molecule has 2 aliphatic carbocycles. The number of unbranched alkanes of at least 4 members (excludes halogenated alkanes) is 7. The van der Waals surface area contributed by atoms with Crippen LogP contribution in [-0.4, -0.2) is 17.0 Å². The standard InChI is InChI=1S/C21H34O2/c1-3-4-5-6-7-8-9-10-11-12-18-19(22)15-17-14-13-16(2)20(17)21(18)23/h3,16,18-19,22H,1,4-15H2,2H3/t16?,18?,19-/m1/s1. The molecule has 23 heavy (non-hydrogen) atoms. The van der Waals surface area contributed by atoms with E-state index in [1.807, 2.05) is 6.08 Å². The summed E-state index contributed by atoms with van der Waals surface area (Å²) in [7, 11) is 0. The van der Waals surface area contributed by atoms with Crippen LogP contribution in [0.3, 0.4) is 0 Å². The van der Waals surface area contributed by atoms with Gasteiger partial charge in [-0.3, -0.25) is 4.79 Å². The lowest BCUT2D eigenvalue weighted by molar-refractivity contribution is -0.124. The highest BCUT2D eigenvalue weighted by atomic mass is 16.3. The molecule has 0 saturated carbocycles. The third-order valence-electron chi connectivity index (χ3n) is 5.70. The topological polar surface area (TPSA) is 37.3 Å². The lowest BCUT2D eigenvalue weighted by Gasteiger charge is -2.29. The fourth-order valence-corrected chi connectivity index (χ4v) is 4.28. The summed E-state index contributed by atoms with van der Waals surface area (Å²) in [5.41, 5.74) is 2.34. The van der Waals surface area contributed by atoms with E-state index in [1.165, 1.54) is 44.1 Å². The summed E-state index contributed by atoms with van der Waals surface area (Å²) in [6.45, 7) is 5.92. The summed E-state index contributed by atoms with van der Waals surface area (Å²) in [6.07, 6.45) is 15.2. The first kappa shape index (κ1) is 18.4. The first-order chi connectivity index (χ1) is 11.1. The average Bonchev–Trinajstić information content (AvgIpc) is 2.89. The van der Waals surface area contributed by atoms with Gasteiger partial charge in [-0.15, -0.1) is 6.58 Å². The molecule has 0 radical (unpaired) electrons. The normalized spacial score (nSPS) is 27.4. The summed E-state index contributed by atoms with van der Waals surface area (Å²) in [6, 6.07) is 0. The fraction of sp³-hybridized carbons (Fsp3) is 0.762. The molecule has 0 aromatic heterocycles. The largest absolute Gasteiger partial charge is 0.392 e. The Bertz CT molecular complexity index is 435. The zero-order valence-corrected chi connectivity index (χ0v) is 14.9. The van der Waals surface area contributed by atoms with E-state index >= 15 is 0 Å². The number of allylic oxidation sites excluding steroid dienone is 2. The van der Waals surface area contributed by atoms with Crippen LogP contribution in [0, 0.1) is 11.8 Å². The molecule has 2 unspecified atom stereocenters. The molecule has 3 atom stereocenters. The second-order valence-electron chi connectivity index (χ2n) is 7.54. The van der Waals surface area contributed by atoms with E-state index < -0.39 is 6.10 Å². The summed E-state index contributed by atoms with van der Waals surface area (Å²) < 4.78 is 0. The van der Waals surface area contributed by atoms with Crippen LogP contribution in [-0.2, 0) is 4.79 Å². The van der Waals surface area contributed by atoms with E-state index in [2.05, 4.69) is 13.5 Å². The van der Waals surface area contributed by atoms with Crippen LogP contribution in [0.4, 0.5) is 0 Å². The number of Topliss-reactive ketones (excluding diaryl/α,β-unsaturated/α-hetero) is 1. The molecule has 130 valence electrons. The summed E-state index contributed by atoms with van der Waals surface area (Å²) in [5.74, 6) is 0.568. The monoisotopic (exact) mass is 318 g/mol. The third kappa shape index (κ3) is 5.04. The third-order valence-corrected chi connectivity index (χ3v) is 5.70. The zero-order valence-electron chi connectivity index (χ0n) is 14.9. The van der Waals surface area contributed by atoms with Gasteiger partial charge in [0.1, 0.15) is 0 Å². The maximum atomic E-state index is 12.7. The molecule has 0 aromatic rings. The molecule has 0 heterocycles. The minimum Gasteiger partial charge on any atom is -0.392 e. The smallest absolute Gasteiger partial charge is 0.164 e. The second kappa shape index (κ2) is 9.42. The predicted molar refractivity (Wildman–Crippen MR) is 96.3 cm³/mol. The number of carbonyl (C=O) groups is 1. The number of aliphatic hydroxyl groups is 1. The maximum Gasteiger partial charge on any atom is 0.164 e. The number of aliphatic hydroxyl groups excluding tert-OH is 1. The Labute approximate surface area is 142 Å². The van der Waals surface area contributed by atoms with E-state index in [0.29, 0.717) is 5.92 Å². The van der Waals surface area contributed by atoms with Gasteiger partial charge in [-0.1, -0.05) is 57.1 Å². The van der Waals surface area contributed by atoms with Gasteiger partial charge in [0.2, 0.25) is 0 Å². The SMILES string of the molecule is C=CCCCCCCCCCC1C(=O)C2=C(CCC2C)C[C@H]1O. The summed E-state index contributed by atoms with van der Waals surface area (Å²) in [4.78, 5) is 12.7. The number of hydrogen-bond donors (Lipinski definition) is 1. The molecular weight excluding hydrogens is 284 g/mol. The van der Waals surface area contributed by atoms with Crippen LogP contribution in [0.25, 0.3) is 0 Å². The predicted octanol–water partition coefficient (Wildman–Crippen LogP) is 5.36. The van der Waals surface area contributed by atoms with Crippen molar-refractivity contribution in [2.45, 2.75) is 90.1 Å². The van der Waals surface area contributed by atoms with Crippen LogP contribution in [0.2, 0.25) is 0 Å². The Morgan fingerprint density at radius 1 is 1.13 bits per heavy atom. The summed E-state index contributed by atoms with van der Waals surface area (Å²) >= 11 is 0. The quantitative estimate of drug-likeness (QED) is 0.435. The highest BCUT2D eigenvalue weighted by molar-refractivity contribution is 6.00. The van der Waals surface area contributed by atoms with Gasteiger partial charge in [-0.05, 0) is 50.0 Å². The van der Waals surface area contributed by atoms with Gasteiger partial charge in [-0.2, -0.15) is 0 Å². The Kier molecular flexibility index (Phi) is 7.55. The van der Waals surface area contributed by atoms with Gasteiger partial charge in [0, 0.05) is 5.92 Å². The lowest BCUT2D eigenvalue weighted by atomic mass is 9.77. The van der Waals surface area contributed by atoms with E-state index in [-0.39, 0.29) is 11.7 Å². The van der Waals surface area contributed by atoms with Gasteiger partial charge in [-0.25, -0.2) is 0 Å². The average molecular weight is 319 g/mol. The molecule has 0 saturated heterocycles. The zero-order chi connectivity index (χ0) is 16.7. The van der Waals surface area contributed by atoms with Crippen molar-refractivity contribution in [1.29, 1.82) is 0 Å². The highest BCUT2D eigenvalue weighted by Crippen LogP contribution is 2.42. The van der Waals surface area contributed by atoms with Crippen molar-refractivity contribution in [1.82, 2.24) is 0 Å². The molecule has 1 N–H and O–H groups in total. The molecule has 0 bridgehead atoms. The molecule has 0 aromatic carbocycles. The van der Waals surface area contributed by atoms with Crippen molar-refractivity contribution in [2.24, 2.45) is 11.8 Å². The summed E-state index contributed by atoms with van der Waals surface area (Å²) in [5, 5.41) is 10.3. The molecule has 0 amide bonds. The van der Waals surface area contributed by atoms with Crippen LogP contribution >= 0.6 is 0 Å². The molecule has 0 spiro atoms. The Balaban J connectivity index is 1.64. The van der Waals surface area contributed by atoms with Gasteiger partial charge >= 0.3 is 0 Å². The van der Waals surface area contributed by atoms with Crippen LogP contribution in [0.1, 0.15) is 84.0 Å². The van der Waals surface area contributed by atoms with Crippen LogP contribution in [0.5, 0.6) is 0 Å². The fourth-order valence-electron chi connectivity index (χ4n) is 4.28. The van der Waals surface area contributed by atoms with E-state index in [4.69, 9.17) is 0 Å². The van der Waals surface area contributed by atoms with Gasteiger partial charge in [0.15, 0.2) is 5.78 Å². The van der Waals surface area contributed by atoms with E-state index in [9.17, 15) is 9.90 Å². The van der Waals surface area contributed by atoms with Gasteiger partial charge in [0.25, 0.3) is 0 Å². The van der Waals surface area contributed by atoms with Gasteiger partial charge < -0.3 is 5.11 Å². The minimum atomic E-state index is -0.426. The van der Waals surface area contributed by atoms with Crippen molar-refractivity contribution in [3.05, 3.63) is 23.8 Å². The van der Waals surface area contributed by atoms with E-state index in [1.54, 1.807) is 0 Å². The molecule has 0 fully saturated rings. The van der Waals surface area contributed by atoms with Crippen molar-refractivity contribution in [2.75, 3.05) is 0 Å². The molecule has 2 heteroatoms.